The lowest BCUT2D eigenvalue weighted by atomic mass is 10.1. The third-order valence-electron chi connectivity index (χ3n) is 3.88. The van der Waals surface area contributed by atoms with Gasteiger partial charge in [-0.15, -0.1) is 0 Å². The van der Waals surface area contributed by atoms with Crippen LogP contribution >= 0.6 is 11.8 Å². The molecule has 1 aromatic carbocycles. The number of aromatic amines is 1. The van der Waals surface area contributed by atoms with Gasteiger partial charge in [-0.05, 0) is 43.5 Å². The van der Waals surface area contributed by atoms with E-state index < -0.39 is 0 Å². The maximum atomic E-state index is 12.7. The highest BCUT2D eigenvalue weighted by Crippen LogP contribution is 2.27. The lowest BCUT2D eigenvalue weighted by molar-refractivity contribution is -0.115. The number of hydrogen-bond donors (Lipinski definition) is 2. The molecule has 124 valence electrons. The number of fused-ring (bicyclic) bond motifs is 1. The summed E-state index contributed by atoms with van der Waals surface area (Å²) < 4.78 is 0. The molecule has 0 aliphatic rings. The van der Waals surface area contributed by atoms with Crippen LogP contribution in [0.2, 0.25) is 0 Å². The number of para-hydroxylation sites is 1. The Morgan fingerprint density at radius 1 is 1.25 bits per heavy atom. The van der Waals surface area contributed by atoms with Crippen molar-refractivity contribution >= 4 is 34.5 Å². The molecule has 2 aromatic heterocycles. The zero-order valence-electron chi connectivity index (χ0n) is 14.0. The van der Waals surface area contributed by atoms with Crippen LogP contribution in [0.15, 0.2) is 41.7 Å². The smallest absolute Gasteiger partial charge is 0.237 e. The second-order valence-corrected chi connectivity index (χ2v) is 6.88. The van der Waals surface area contributed by atoms with Crippen LogP contribution in [0, 0.1) is 13.8 Å². The number of imidazole rings is 1. The van der Waals surface area contributed by atoms with Crippen LogP contribution < -0.4 is 5.32 Å². The van der Waals surface area contributed by atoms with E-state index in [0.717, 1.165) is 22.3 Å². The van der Waals surface area contributed by atoms with E-state index in [1.54, 1.807) is 6.20 Å². The average molecular weight is 340 g/mol. The van der Waals surface area contributed by atoms with Crippen LogP contribution in [0.4, 0.5) is 5.69 Å². The summed E-state index contributed by atoms with van der Waals surface area (Å²) in [5.74, 6) is -0.00619. The number of thioether (sulfide) groups is 1. The molecule has 0 saturated heterocycles. The van der Waals surface area contributed by atoms with Crippen LogP contribution in [-0.2, 0) is 4.79 Å². The largest absolute Gasteiger partial charge is 0.332 e. The quantitative estimate of drug-likeness (QED) is 0.687. The third-order valence-corrected chi connectivity index (χ3v) is 5.13. The molecule has 2 heterocycles. The summed E-state index contributed by atoms with van der Waals surface area (Å²) in [6.07, 6.45) is 2.43. The fraction of sp³-hybridized carbons (Fsp3) is 0.278. The number of carbonyl (C=O) groups excluding carboxylic acids is 1. The monoisotopic (exact) mass is 340 g/mol. The van der Waals surface area contributed by atoms with Crippen molar-refractivity contribution in [2.75, 3.05) is 5.32 Å². The summed E-state index contributed by atoms with van der Waals surface area (Å²) in [7, 11) is 0. The van der Waals surface area contributed by atoms with Crippen molar-refractivity contribution in [3.63, 3.8) is 0 Å². The van der Waals surface area contributed by atoms with Gasteiger partial charge in [0.2, 0.25) is 5.91 Å². The molecule has 0 unspecified atom stereocenters. The lowest BCUT2D eigenvalue weighted by Gasteiger charge is -2.16. The molecule has 0 saturated carbocycles. The minimum absolute atomic E-state index is 0.00619. The topological polar surface area (TPSA) is 70.7 Å². The second kappa shape index (κ2) is 7.05. The molecule has 0 spiro atoms. The first kappa shape index (κ1) is 16.5. The van der Waals surface area contributed by atoms with Gasteiger partial charge < -0.3 is 10.3 Å². The molecule has 0 radical (unpaired) electrons. The van der Waals surface area contributed by atoms with Gasteiger partial charge in [0.25, 0.3) is 0 Å². The van der Waals surface area contributed by atoms with E-state index in [-0.39, 0.29) is 11.2 Å². The van der Waals surface area contributed by atoms with E-state index >= 15 is 0 Å². The molecule has 1 amide bonds. The van der Waals surface area contributed by atoms with E-state index in [4.69, 9.17) is 0 Å². The number of amides is 1. The summed E-state index contributed by atoms with van der Waals surface area (Å²) in [5, 5.41) is 3.56. The number of hydrogen-bond acceptors (Lipinski definition) is 4. The molecule has 1 atom stereocenters. The maximum Gasteiger partial charge on any atom is 0.237 e. The first-order valence-corrected chi connectivity index (χ1v) is 8.81. The van der Waals surface area contributed by atoms with Crippen LogP contribution in [0.3, 0.4) is 0 Å². The van der Waals surface area contributed by atoms with Gasteiger partial charge >= 0.3 is 0 Å². The first-order chi connectivity index (χ1) is 11.6. The molecule has 24 heavy (non-hydrogen) atoms. The summed E-state index contributed by atoms with van der Waals surface area (Å²) in [6.45, 7) is 6.01. The van der Waals surface area contributed by atoms with Crippen molar-refractivity contribution in [3.05, 3.63) is 47.7 Å². The van der Waals surface area contributed by atoms with Crippen molar-refractivity contribution in [2.45, 2.75) is 37.6 Å². The highest BCUT2D eigenvalue weighted by Gasteiger charge is 2.21. The molecular formula is C18H20N4OS. The lowest BCUT2D eigenvalue weighted by Crippen LogP contribution is -2.25. The number of rotatable bonds is 5. The zero-order chi connectivity index (χ0) is 17.1. The highest BCUT2D eigenvalue weighted by molar-refractivity contribution is 8.00. The summed E-state index contributed by atoms with van der Waals surface area (Å²) >= 11 is 1.43. The van der Waals surface area contributed by atoms with Gasteiger partial charge in [0.15, 0.2) is 10.8 Å². The molecule has 6 heteroatoms. The number of aromatic nitrogens is 3. The fourth-order valence-electron chi connectivity index (χ4n) is 2.55. The van der Waals surface area contributed by atoms with Gasteiger partial charge in [-0.1, -0.05) is 36.9 Å². The minimum atomic E-state index is -0.218. The van der Waals surface area contributed by atoms with Gasteiger partial charge in [0, 0.05) is 11.9 Å². The Hall–Kier alpha value is -2.34. The third kappa shape index (κ3) is 3.43. The van der Waals surface area contributed by atoms with Gasteiger partial charge in [-0.2, -0.15) is 0 Å². The van der Waals surface area contributed by atoms with Crippen LogP contribution in [0.1, 0.15) is 24.5 Å². The summed E-state index contributed by atoms with van der Waals surface area (Å²) in [6, 6.07) is 9.79. The van der Waals surface area contributed by atoms with E-state index in [9.17, 15) is 4.79 Å². The number of carbonyl (C=O) groups is 1. The standard InChI is InChI=1S/C18H20N4OS/c1-4-14(17(23)21-15-11(2)7-5-8-12(15)3)24-18-20-13-9-6-10-19-16(13)22-18/h5-10,14H,4H2,1-3H3,(H,21,23)(H,19,20,22)/t14-/m0/s1. The van der Waals surface area contributed by atoms with Crippen LogP contribution in [0.5, 0.6) is 0 Å². The number of H-pyrrole nitrogens is 1. The number of anilines is 1. The molecule has 3 rings (SSSR count). The van der Waals surface area contributed by atoms with Gasteiger partial charge in [0.05, 0.1) is 10.8 Å². The average Bonchev–Trinajstić information content (AvgIpc) is 2.98. The molecule has 0 aliphatic carbocycles. The molecule has 0 bridgehead atoms. The summed E-state index contributed by atoms with van der Waals surface area (Å²) in [5.41, 5.74) is 4.58. The Kier molecular flexibility index (Phi) is 4.85. The van der Waals surface area contributed by atoms with E-state index in [1.807, 2.05) is 51.1 Å². The number of aryl methyl sites for hydroxylation is 2. The Bertz CT molecular complexity index is 821. The predicted octanol–water partition coefficient (Wildman–Crippen LogP) is 4.08. The van der Waals surface area contributed by atoms with Crippen LogP contribution in [-0.4, -0.2) is 26.1 Å². The van der Waals surface area contributed by atoms with Gasteiger partial charge in [-0.3, -0.25) is 4.79 Å². The maximum absolute atomic E-state index is 12.7. The highest BCUT2D eigenvalue weighted by atomic mass is 32.2. The molecule has 2 N–H and O–H groups in total. The zero-order valence-corrected chi connectivity index (χ0v) is 14.8. The molecule has 0 fully saturated rings. The number of nitrogens with one attached hydrogen (secondary N) is 2. The minimum Gasteiger partial charge on any atom is -0.332 e. The first-order valence-electron chi connectivity index (χ1n) is 7.93. The van der Waals surface area contributed by atoms with E-state index in [0.29, 0.717) is 17.2 Å². The summed E-state index contributed by atoms with van der Waals surface area (Å²) in [4.78, 5) is 24.5. The predicted molar refractivity (Wildman–Crippen MR) is 98.4 cm³/mol. The fourth-order valence-corrected chi connectivity index (χ4v) is 3.46. The van der Waals surface area contributed by atoms with E-state index in [1.165, 1.54) is 11.8 Å². The van der Waals surface area contributed by atoms with Gasteiger partial charge in [-0.25, -0.2) is 9.97 Å². The number of benzene rings is 1. The van der Waals surface area contributed by atoms with Crippen molar-refractivity contribution in [2.24, 2.45) is 0 Å². The van der Waals surface area contributed by atoms with Crippen molar-refractivity contribution in [1.82, 2.24) is 15.0 Å². The number of nitrogens with zero attached hydrogens (tertiary/aromatic N) is 2. The van der Waals surface area contributed by atoms with Crippen molar-refractivity contribution in [1.29, 1.82) is 0 Å². The Labute approximate surface area is 145 Å². The molecule has 3 aromatic rings. The van der Waals surface area contributed by atoms with Crippen molar-refractivity contribution < 1.29 is 4.79 Å². The molecule has 0 aliphatic heterocycles. The molecule has 5 nitrogen and oxygen atoms in total. The van der Waals surface area contributed by atoms with E-state index in [2.05, 4.69) is 20.3 Å². The van der Waals surface area contributed by atoms with Crippen molar-refractivity contribution in [3.8, 4) is 0 Å². The Morgan fingerprint density at radius 2 is 2.00 bits per heavy atom. The van der Waals surface area contributed by atoms with Gasteiger partial charge in [0.1, 0.15) is 0 Å². The normalized spacial score (nSPS) is 12.3. The molecular weight excluding hydrogens is 320 g/mol. The Balaban J connectivity index is 1.77. The SMILES string of the molecule is CC[C@H](Sc1nc2ncccc2[nH]1)C(=O)Nc1c(C)cccc1C. The van der Waals surface area contributed by atoms with Crippen LogP contribution in [0.25, 0.3) is 11.2 Å². The second-order valence-electron chi connectivity index (χ2n) is 5.69. The Morgan fingerprint density at radius 3 is 2.67 bits per heavy atom. The number of pyridine rings is 1.